The van der Waals surface area contributed by atoms with Crippen molar-refractivity contribution in [3.05, 3.63) is 0 Å². The minimum Gasteiger partial charge on any atom is -0.380 e. The largest absolute Gasteiger partial charge is 0.380 e. The van der Waals surface area contributed by atoms with Crippen LogP contribution in [-0.2, 0) is 4.74 Å². The summed E-state index contributed by atoms with van der Waals surface area (Å²) in [5, 5.41) is 0. The molecule has 0 saturated heterocycles. The van der Waals surface area contributed by atoms with Gasteiger partial charge in [0.25, 0.3) is 0 Å². The summed E-state index contributed by atoms with van der Waals surface area (Å²) < 4.78 is 5.24. The van der Waals surface area contributed by atoms with E-state index in [9.17, 15) is 0 Å². The van der Waals surface area contributed by atoms with Gasteiger partial charge in [-0.05, 0) is 33.7 Å². The fraction of sp³-hybridized carbons (Fsp3) is 1.00. The van der Waals surface area contributed by atoms with Gasteiger partial charge in [-0.3, -0.25) is 0 Å². The van der Waals surface area contributed by atoms with Gasteiger partial charge < -0.3 is 15.4 Å². The predicted molar refractivity (Wildman–Crippen MR) is 61.5 cm³/mol. The molecule has 0 amide bonds. The molecule has 14 heavy (non-hydrogen) atoms. The van der Waals surface area contributed by atoms with Crippen LogP contribution >= 0.6 is 0 Å². The van der Waals surface area contributed by atoms with E-state index in [4.69, 9.17) is 10.5 Å². The van der Waals surface area contributed by atoms with Crippen LogP contribution < -0.4 is 5.73 Å². The number of nitrogens with zero attached hydrogens (tertiary/aromatic N) is 1. The second kappa shape index (κ2) is 6.38. The Hall–Kier alpha value is -0.120. The summed E-state index contributed by atoms with van der Waals surface area (Å²) in [6.07, 6.45) is 2.36. The summed E-state index contributed by atoms with van der Waals surface area (Å²) in [7, 11) is 3.88. The maximum absolute atomic E-state index is 5.57. The molecule has 0 heterocycles. The molecule has 0 fully saturated rings. The minimum atomic E-state index is 0.199. The molecule has 3 heteroatoms. The summed E-state index contributed by atoms with van der Waals surface area (Å²) in [6, 6.07) is 0. The standard InChI is InChI=1S/C11H26N2O/c1-6-11(2,3)13(4)8-7-10(9-12)14-5/h10H,6-9,12H2,1-5H3. The number of hydrogen-bond acceptors (Lipinski definition) is 3. The van der Waals surface area contributed by atoms with Gasteiger partial charge in [-0.2, -0.15) is 0 Å². The Bertz CT molecular complexity index is 144. The van der Waals surface area contributed by atoms with E-state index in [1.807, 2.05) is 0 Å². The van der Waals surface area contributed by atoms with E-state index >= 15 is 0 Å². The molecule has 0 aromatic heterocycles. The van der Waals surface area contributed by atoms with Crippen LogP contribution in [-0.4, -0.2) is 43.8 Å². The number of rotatable bonds is 7. The zero-order chi connectivity index (χ0) is 11.2. The molecule has 2 N–H and O–H groups in total. The van der Waals surface area contributed by atoms with Crippen molar-refractivity contribution in [2.45, 2.75) is 45.3 Å². The average Bonchev–Trinajstić information content (AvgIpc) is 2.19. The van der Waals surface area contributed by atoms with Gasteiger partial charge in [-0.15, -0.1) is 0 Å². The molecule has 0 rings (SSSR count). The van der Waals surface area contributed by atoms with Gasteiger partial charge in [0.05, 0.1) is 6.10 Å². The first-order valence-corrected chi connectivity index (χ1v) is 5.42. The van der Waals surface area contributed by atoms with Gasteiger partial charge in [0, 0.05) is 25.7 Å². The van der Waals surface area contributed by atoms with Gasteiger partial charge in [0.15, 0.2) is 0 Å². The summed E-state index contributed by atoms with van der Waals surface area (Å²) >= 11 is 0. The van der Waals surface area contributed by atoms with Crippen molar-refractivity contribution < 1.29 is 4.74 Å². The third kappa shape index (κ3) is 4.40. The molecule has 86 valence electrons. The molecule has 0 spiro atoms. The SMILES string of the molecule is CCC(C)(C)N(C)CCC(CN)OC. The zero-order valence-electron chi connectivity index (χ0n) is 10.3. The van der Waals surface area contributed by atoms with Gasteiger partial charge >= 0.3 is 0 Å². The van der Waals surface area contributed by atoms with Crippen molar-refractivity contribution in [3.8, 4) is 0 Å². The van der Waals surface area contributed by atoms with Gasteiger partial charge in [0.1, 0.15) is 0 Å². The molecular formula is C11H26N2O. The van der Waals surface area contributed by atoms with Crippen LogP contribution in [0.3, 0.4) is 0 Å². The molecule has 0 aromatic rings. The van der Waals surface area contributed by atoms with Crippen molar-refractivity contribution in [2.24, 2.45) is 5.73 Å². The maximum atomic E-state index is 5.57. The second-order valence-electron chi connectivity index (χ2n) is 4.47. The monoisotopic (exact) mass is 202 g/mol. The molecule has 0 aliphatic rings. The Balaban J connectivity index is 3.88. The molecule has 0 bridgehead atoms. The highest BCUT2D eigenvalue weighted by Gasteiger charge is 2.21. The number of methoxy groups -OCH3 is 1. The van der Waals surface area contributed by atoms with Gasteiger partial charge in [-0.1, -0.05) is 6.92 Å². The van der Waals surface area contributed by atoms with Crippen molar-refractivity contribution in [2.75, 3.05) is 27.2 Å². The van der Waals surface area contributed by atoms with E-state index in [-0.39, 0.29) is 11.6 Å². The fourth-order valence-corrected chi connectivity index (χ4v) is 1.24. The third-order valence-electron chi connectivity index (χ3n) is 3.28. The highest BCUT2D eigenvalue weighted by molar-refractivity contribution is 4.77. The Kier molecular flexibility index (Phi) is 6.33. The molecule has 0 radical (unpaired) electrons. The van der Waals surface area contributed by atoms with Crippen LogP contribution in [0.4, 0.5) is 0 Å². The molecule has 0 aliphatic carbocycles. The molecule has 3 nitrogen and oxygen atoms in total. The molecule has 0 aliphatic heterocycles. The van der Waals surface area contributed by atoms with Crippen molar-refractivity contribution in [3.63, 3.8) is 0 Å². The molecular weight excluding hydrogens is 176 g/mol. The van der Waals surface area contributed by atoms with Gasteiger partial charge in [0.2, 0.25) is 0 Å². The van der Waals surface area contributed by atoms with E-state index in [0.29, 0.717) is 6.54 Å². The van der Waals surface area contributed by atoms with Crippen molar-refractivity contribution in [1.82, 2.24) is 4.90 Å². The molecule has 1 unspecified atom stereocenters. The van der Waals surface area contributed by atoms with Crippen LogP contribution in [0.15, 0.2) is 0 Å². The molecule has 1 atom stereocenters. The minimum absolute atomic E-state index is 0.199. The Morgan fingerprint density at radius 2 is 2.00 bits per heavy atom. The van der Waals surface area contributed by atoms with Crippen molar-refractivity contribution in [1.29, 1.82) is 0 Å². The van der Waals surface area contributed by atoms with Crippen LogP contribution in [0.2, 0.25) is 0 Å². The first kappa shape index (κ1) is 13.9. The summed E-state index contributed by atoms with van der Waals surface area (Å²) in [4.78, 5) is 2.37. The predicted octanol–water partition coefficient (Wildman–Crippen LogP) is 1.47. The number of nitrogens with two attached hydrogens (primary N) is 1. The smallest absolute Gasteiger partial charge is 0.0705 e. The quantitative estimate of drug-likeness (QED) is 0.679. The summed E-state index contributed by atoms with van der Waals surface area (Å²) in [6.45, 7) is 8.38. The lowest BCUT2D eigenvalue weighted by Crippen LogP contribution is -2.42. The Morgan fingerprint density at radius 1 is 1.43 bits per heavy atom. The first-order chi connectivity index (χ1) is 6.47. The lowest BCUT2D eigenvalue weighted by atomic mass is 9.99. The topological polar surface area (TPSA) is 38.5 Å². The Labute approximate surface area is 88.6 Å². The number of hydrogen-bond donors (Lipinski definition) is 1. The van der Waals surface area contributed by atoms with Crippen LogP contribution in [0.25, 0.3) is 0 Å². The van der Waals surface area contributed by atoms with Crippen LogP contribution in [0, 0.1) is 0 Å². The summed E-state index contributed by atoms with van der Waals surface area (Å²) in [5.41, 5.74) is 5.84. The normalized spacial score (nSPS) is 14.8. The van der Waals surface area contributed by atoms with Crippen molar-refractivity contribution >= 4 is 0 Å². The third-order valence-corrected chi connectivity index (χ3v) is 3.28. The highest BCUT2D eigenvalue weighted by Crippen LogP contribution is 2.16. The number of ether oxygens (including phenoxy) is 1. The average molecular weight is 202 g/mol. The molecule has 0 aromatic carbocycles. The first-order valence-electron chi connectivity index (χ1n) is 5.42. The van der Waals surface area contributed by atoms with E-state index in [1.54, 1.807) is 7.11 Å². The zero-order valence-corrected chi connectivity index (χ0v) is 10.3. The van der Waals surface area contributed by atoms with Crippen LogP contribution in [0.1, 0.15) is 33.6 Å². The second-order valence-corrected chi connectivity index (χ2v) is 4.47. The van der Waals surface area contributed by atoms with Gasteiger partial charge in [-0.25, -0.2) is 0 Å². The fourth-order valence-electron chi connectivity index (χ4n) is 1.24. The maximum Gasteiger partial charge on any atom is 0.0705 e. The lowest BCUT2D eigenvalue weighted by Gasteiger charge is -2.35. The van der Waals surface area contributed by atoms with E-state index < -0.39 is 0 Å². The van der Waals surface area contributed by atoms with E-state index in [2.05, 4.69) is 32.7 Å². The lowest BCUT2D eigenvalue weighted by molar-refractivity contribution is 0.0735. The van der Waals surface area contributed by atoms with Crippen LogP contribution in [0.5, 0.6) is 0 Å². The summed E-state index contributed by atoms with van der Waals surface area (Å²) in [5.74, 6) is 0. The van der Waals surface area contributed by atoms with E-state index in [0.717, 1.165) is 19.4 Å². The molecule has 0 saturated carbocycles. The Morgan fingerprint density at radius 3 is 2.36 bits per heavy atom. The van der Waals surface area contributed by atoms with E-state index in [1.165, 1.54) is 0 Å². The highest BCUT2D eigenvalue weighted by atomic mass is 16.5.